The average Bonchev–Trinajstić information content (AvgIpc) is 2.96. The number of hydrogen-bond acceptors (Lipinski definition) is 3. The second kappa shape index (κ2) is 6.23. The quantitative estimate of drug-likeness (QED) is 0.820. The zero-order valence-electron chi connectivity index (χ0n) is 12.9. The van der Waals surface area contributed by atoms with Crippen LogP contribution in [0.3, 0.4) is 0 Å². The standard InChI is InChI=1S/C15H29N3O/c1-5-13-16-14(11(3)4)15(19)18(13)10-12-7-8-17(6-2)9-12/h11-14,16H,5-10H2,1-4H3. The first-order valence-corrected chi connectivity index (χ1v) is 7.85. The Morgan fingerprint density at radius 2 is 2.11 bits per heavy atom. The molecule has 2 saturated heterocycles. The third-order valence-electron chi connectivity index (χ3n) is 4.62. The molecule has 0 aromatic rings. The smallest absolute Gasteiger partial charge is 0.241 e. The molecule has 1 amide bonds. The number of carbonyl (C=O) groups excluding carboxylic acids is 1. The maximum atomic E-state index is 12.5. The Kier molecular flexibility index (Phi) is 4.85. The van der Waals surface area contributed by atoms with E-state index in [2.05, 4.69) is 42.8 Å². The van der Waals surface area contributed by atoms with Gasteiger partial charge in [0.25, 0.3) is 0 Å². The van der Waals surface area contributed by atoms with Crippen molar-refractivity contribution in [3.05, 3.63) is 0 Å². The molecule has 0 radical (unpaired) electrons. The Hall–Kier alpha value is -0.610. The molecule has 4 nitrogen and oxygen atoms in total. The van der Waals surface area contributed by atoms with Crippen LogP contribution in [-0.2, 0) is 4.79 Å². The molecule has 19 heavy (non-hydrogen) atoms. The Morgan fingerprint density at radius 1 is 1.37 bits per heavy atom. The molecule has 1 N–H and O–H groups in total. The van der Waals surface area contributed by atoms with E-state index in [0.29, 0.717) is 17.7 Å². The third-order valence-corrected chi connectivity index (χ3v) is 4.62. The molecule has 2 rings (SSSR count). The highest BCUT2D eigenvalue weighted by Gasteiger charge is 2.40. The highest BCUT2D eigenvalue weighted by atomic mass is 16.2. The molecule has 0 spiro atoms. The fourth-order valence-electron chi connectivity index (χ4n) is 3.36. The maximum absolute atomic E-state index is 12.5. The van der Waals surface area contributed by atoms with Crippen molar-refractivity contribution in [3.63, 3.8) is 0 Å². The summed E-state index contributed by atoms with van der Waals surface area (Å²) in [5.41, 5.74) is 0. The van der Waals surface area contributed by atoms with Crippen LogP contribution >= 0.6 is 0 Å². The van der Waals surface area contributed by atoms with Crippen LogP contribution in [0.5, 0.6) is 0 Å². The number of carbonyl (C=O) groups is 1. The SMILES string of the molecule is CCC1NC(C(C)C)C(=O)N1CC1CCN(CC)C1. The predicted molar refractivity (Wildman–Crippen MR) is 77.8 cm³/mol. The molecule has 2 aliphatic rings. The number of amides is 1. The summed E-state index contributed by atoms with van der Waals surface area (Å²) in [6.45, 7) is 13.0. The summed E-state index contributed by atoms with van der Waals surface area (Å²) < 4.78 is 0. The van der Waals surface area contributed by atoms with Crippen LogP contribution < -0.4 is 5.32 Å². The minimum Gasteiger partial charge on any atom is -0.325 e. The molecule has 2 heterocycles. The fourth-order valence-corrected chi connectivity index (χ4v) is 3.36. The van der Waals surface area contributed by atoms with E-state index in [0.717, 1.165) is 26.1 Å². The van der Waals surface area contributed by atoms with Crippen molar-refractivity contribution in [1.29, 1.82) is 0 Å². The van der Waals surface area contributed by atoms with E-state index in [1.165, 1.54) is 13.0 Å². The molecule has 0 aromatic carbocycles. The van der Waals surface area contributed by atoms with E-state index in [9.17, 15) is 4.79 Å². The molecule has 2 fully saturated rings. The summed E-state index contributed by atoms with van der Waals surface area (Å²) in [5.74, 6) is 1.35. The second-order valence-electron chi connectivity index (χ2n) is 6.35. The van der Waals surface area contributed by atoms with Crippen molar-refractivity contribution in [1.82, 2.24) is 15.1 Å². The van der Waals surface area contributed by atoms with Crippen LogP contribution in [0.25, 0.3) is 0 Å². The Morgan fingerprint density at radius 3 is 2.63 bits per heavy atom. The molecule has 4 heteroatoms. The lowest BCUT2D eigenvalue weighted by Crippen LogP contribution is -2.40. The van der Waals surface area contributed by atoms with Crippen LogP contribution in [0, 0.1) is 11.8 Å². The summed E-state index contributed by atoms with van der Waals surface area (Å²) >= 11 is 0. The molecule has 3 unspecified atom stereocenters. The maximum Gasteiger partial charge on any atom is 0.241 e. The van der Waals surface area contributed by atoms with Gasteiger partial charge < -0.3 is 9.80 Å². The molecule has 3 atom stereocenters. The van der Waals surface area contributed by atoms with E-state index >= 15 is 0 Å². The summed E-state index contributed by atoms with van der Waals surface area (Å²) in [5, 5.41) is 3.50. The first-order valence-electron chi connectivity index (χ1n) is 7.85. The van der Waals surface area contributed by atoms with Gasteiger partial charge in [0.05, 0.1) is 12.2 Å². The van der Waals surface area contributed by atoms with Gasteiger partial charge >= 0.3 is 0 Å². The molecule has 0 bridgehead atoms. The third kappa shape index (κ3) is 3.11. The van der Waals surface area contributed by atoms with Gasteiger partial charge in [-0.05, 0) is 37.8 Å². The predicted octanol–water partition coefficient (Wildman–Crippen LogP) is 1.52. The Bertz CT molecular complexity index is 319. The Labute approximate surface area is 117 Å². The Balaban J connectivity index is 1.96. The van der Waals surface area contributed by atoms with E-state index in [1.807, 2.05) is 0 Å². The van der Waals surface area contributed by atoms with Gasteiger partial charge in [-0.2, -0.15) is 0 Å². The van der Waals surface area contributed by atoms with Gasteiger partial charge in [0.15, 0.2) is 0 Å². The number of nitrogens with zero attached hydrogens (tertiary/aromatic N) is 2. The van der Waals surface area contributed by atoms with Gasteiger partial charge in [-0.1, -0.05) is 27.7 Å². The molecule has 110 valence electrons. The van der Waals surface area contributed by atoms with Crippen molar-refractivity contribution in [2.75, 3.05) is 26.2 Å². The zero-order chi connectivity index (χ0) is 14.0. The fraction of sp³-hybridized carbons (Fsp3) is 0.933. The molecule has 2 aliphatic heterocycles. The molecule has 0 saturated carbocycles. The monoisotopic (exact) mass is 267 g/mol. The largest absolute Gasteiger partial charge is 0.325 e. The van der Waals surface area contributed by atoms with Crippen molar-refractivity contribution < 1.29 is 4.79 Å². The van der Waals surface area contributed by atoms with Crippen LogP contribution in [0.15, 0.2) is 0 Å². The van der Waals surface area contributed by atoms with Gasteiger partial charge in [0.2, 0.25) is 5.91 Å². The lowest BCUT2D eigenvalue weighted by Gasteiger charge is -2.26. The molecular formula is C15H29N3O. The van der Waals surface area contributed by atoms with E-state index < -0.39 is 0 Å². The van der Waals surface area contributed by atoms with Crippen molar-refractivity contribution in [2.24, 2.45) is 11.8 Å². The van der Waals surface area contributed by atoms with Crippen LogP contribution in [0.1, 0.15) is 40.5 Å². The van der Waals surface area contributed by atoms with Gasteiger partial charge in [0, 0.05) is 13.1 Å². The summed E-state index contributed by atoms with van der Waals surface area (Å²) in [6, 6.07) is 0.0219. The van der Waals surface area contributed by atoms with E-state index in [1.54, 1.807) is 0 Å². The van der Waals surface area contributed by atoms with Crippen molar-refractivity contribution in [3.8, 4) is 0 Å². The van der Waals surface area contributed by atoms with E-state index in [-0.39, 0.29) is 12.2 Å². The number of nitrogens with one attached hydrogen (secondary N) is 1. The van der Waals surface area contributed by atoms with Crippen LogP contribution in [0.2, 0.25) is 0 Å². The van der Waals surface area contributed by atoms with Gasteiger partial charge in [0.1, 0.15) is 0 Å². The number of likely N-dealkylation sites (tertiary alicyclic amines) is 1. The minimum atomic E-state index is 0.0219. The first kappa shape index (κ1) is 14.8. The lowest BCUT2D eigenvalue weighted by molar-refractivity contribution is -0.131. The van der Waals surface area contributed by atoms with Crippen LogP contribution in [-0.4, -0.2) is 54.1 Å². The zero-order valence-corrected chi connectivity index (χ0v) is 12.9. The van der Waals surface area contributed by atoms with Crippen molar-refractivity contribution in [2.45, 2.75) is 52.7 Å². The first-order chi connectivity index (χ1) is 9.06. The van der Waals surface area contributed by atoms with Gasteiger partial charge in [-0.3, -0.25) is 10.1 Å². The van der Waals surface area contributed by atoms with Crippen molar-refractivity contribution >= 4 is 5.91 Å². The lowest BCUT2D eigenvalue weighted by atomic mass is 10.0. The van der Waals surface area contributed by atoms with Gasteiger partial charge in [-0.15, -0.1) is 0 Å². The van der Waals surface area contributed by atoms with Gasteiger partial charge in [-0.25, -0.2) is 0 Å². The number of rotatable bonds is 5. The van der Waals surface area contributed by atoms with E-state index in [4.69, 9.17) is 0 Å². The number of hydrogen-bond donors (Lipinski definition) is 1. The molecular weight excluding hydrogens is 238 g/mol. The summed E-state index contributed by atoms with van der Waals surface area (Å²) in [6.07, 6.45) is 2.48. The summed E-state index contributed by atoms with van der Waals surface area (Å²) in [7, 11) is 0. The normalized spacial score (nSPS) is 32.8. The second-order valence-corrected chi connectivity index (χ2v) is 6.35. The molecule has 0 aliphatic carbocycles. The highest BCUT2D eigenvalue weighted by Crippen LogP contribution is 2.23. The summed E-state index contributed by atoms with van der Waals surface area (Å²) in [4.78, 5) is 17.1. The van der Waals surface area contributed by atoms with Crippen LogP contribution in [0.4, 0.5) is 0 Å². The topological polar surface area (TPSA) is 35.6 Å². The highest BCUT2D eigenvalue weighted by molar-refractivity contribution is 5.84. The minimum absolute atomic E-state index is 0.0219. The molecule has 0 aromatic heterocycles. The average molecular weight is 267 g/mol.